The predicted octanol–water partition coefficient (Wildman–Crippen LogP) is 3.28. The Bertz CT molecular complexity index is 670. The van der Waals surface area contributed by atoms with Crippen LogP contribution >= 0.6 is 0 Å². The number of nitrogens with one attached hydrogen (secondary N) is 1. The van der Waals surface area contributed by atoms with Crippen LogP contribution in [0.3, 0.4) is 0 Å². The summed E-state index contributed by atoms with van der Waals surface area (Å²) in [5, 5.41) is 3.08. The molecule has 3 rings (SSSR count). The summed E-state index contributed by atoms with van der Waals surface area (Å²) in [5.74, 6) is -0.243. The van der Waals surface area contributed by atoms with E-state index in [0.717, 1.165) is 24.0 Å². The van der Waals surface area contributed by atoms with Crippen LogP contribution in [0, 0.1) is 5.82 Å². The van der Waals surface area contributed by atoms with E-state index in [0.29, 0.717) is 12.6 Å². The molecule has 1 amide bonds. The first-order chi connectivity index (χ1) is 11.1. The summed E-state index contributed by atoms with van der Waals surface area (Å²) < 4.78 is 13.4. The highest BCUT2D eigenvalue weighted by atomic mass is 19.1. The van der Waals surface area contributed by atoms with Gasteiger partial charge in [0.15, 0.2) is 0 Å². The van der Waals surface area contributed by atoms with E-state index in [1.54, 1.807) is 6.07 Å². The average Bonchev–Trinajstić information content (AvgIpc) is 3.32. The van der Waals surface area contributed by atoms with Crippen LogP contribution in [0.15, 0.2) is 54.6 Å². The van der Waals surface area contributed by atoms with Crippen molar-refractivity contribution in [2.75, 3.05) is 7.05 Å². The first-order valence-corrected chi connectivity index (χ1v) is 7.93. The van der Waals surface area contributed by atoms with Gasteiger partial charge in [-0.2, -0.15) is 0 Å². The topological polar surface area (TPSA) is 32.3 Å². The van der Waals surface area contributed by atoms with Crippen molar-refractivity contribution < 1.29 is 9.18 Å². The molecule has 1 unspecified atom stereocenters. The van der Waals surface area contributed by atoms with Gasteiger partial charge in [-0.3, -0.25) is 9.69 Å². The average molecular weight is 312 g/mol. The number of nitrogens with zero attached hydrogens (tertiary/aromatic N) is 1. The molecule has 120 valence electrons. The molecule has 1 atom stereocenters. The van der Waals surface area contributed by atoms with Gasteiger partial charge in [0.25, 0.3) is 0 Å². The molecule has 4 heteroatoms. The van der Waals surface area contributed by atoms with Crippen LogP contribution in [-0.4, -0.2) is 23.9 Å². The van der Waals surface area contributed by atoms with Crippen molar-refractivity contribution in [3.05, 3.63) is 71.5 Å². The van der Waals surface area contributed by atoms with Gasteiger partial charge in [0.05, 0.1) is 0 Å². The van der Waals surface area contributed by atoms with Crippen LogP contribution in [0.5, 0.6) is 0 Å². The summed E-state index contributed by atoms with van der Waals surface area (Å²) in [6, 6.07) is 16.2. The zero-order valence-electron chi connectivity index (χ0n) is 13.2. The molecule has 0 spiro atoms. The summed E-state index contributed by atoms with van der Waals surface area (Å²) in [7, 11) is 1.90. The van der Waals surface area contributed by atoms with Crippen molar-refractivity contribution in [1.82, 2.24) is 10.2 Å². The Morgan fingerprint density at radius 3 is 2.61 bits per heavy atom. The minimum absolute atomic E-state index is 0.0117. The number of likely N-dealkylation sites (N-methyl/N-ethyl adjacent to an activating group) is 1. The highest BCUT2D eigenvalue weighted by Crippen LogP contribution is 2.25. The van der Waals surface area contributed by atoms with Crippen molar-refractivity contribution in [2.24, 2.45) is 0 Å². The number of amides is 1. The third kappa shape index (κ3) is 4.17. The molecule has 1 fully saturated rings. The molecule has 0 aromatic heterocycles. The van der Waals surface area contributed by atoms with E-state index in [9.17, 15) is 9.18 Å². The maximum Gasteiger partial charge on any atom is 0.242 e. The molecule has 0 radical (unpaired) electrons. The molecule has 0 heterocycles. The Hall–Kier alpha value is -2.20. The molecule has 0 bridgehead atoms. The standard InChI is InChI=1S/C19H21FN2O/c1-22(13-14-6-5-9-16(20)12-14)18(15-7-3-2-4-8-15)19(23)21-17-10-11-17/h2-9,12,17-18H,10-11,13H2,1H3,(H,21,23). The number of rotatable bonds is 6. The number of carbonyl (C=O) groups excluding carboxylic acids is 1. The second-order valence-corrected chi connectivity index (χ2v) is 6.14. The van der Waals surface area contributed by atoms with Crippen LogP contribution in [0.25, 0.3) is 0 Å². The van der Waals surface area contributed by atoms with Gasteiger partial charge in [0.2, 0.25) is 5.91 Å². The lowest BCUT2D eigenvalue weighted by molar-refractivity contribution is -0.126. The molecular weight excluding hydrogens is 291 g/mol. The first-order valence-electron chi connectivity index (χ1n) is 7.93. The lowest BCUT2D eigenvalue weighted by Gasteiger charge is -2.27. The monoisotopic (exact) mass is 312 g/mol. The molecule has 1 aliphatic carbocycles. The second kappa shape index (κ2) is 6.92. The summed E-state index contributed by atoms with van der Waals surface area (Å²) in [5.41, 5.74) is 1.80. The molecule has 0 aliphatic heterocycles. The number of carbonyl (C=O) groups is 1. The Kier molecular flexibility index (Phi) is 4.72. The summed E-state index contributed by atoms with van der Waals surface area (Å²) in [4.78, 5) is 14.6. The van der Waals surface area contributed by atoms with Gasteiger partial charge in [-0.05, 0) is 43.1 Å². The van der Waals surface area contributed by atoms with E-state index in [4.69, 9.17) is 0 Å². The number of halogens is 1. The quantitative estimate of drug-likeness (QED) is 0.888. The molecule has 23 heavy (non-hydrogen) atoms. The predicted molar refractivity (Wildman–Crippen MR) is 88.2 cm³/mol. The third-order valence-corrected chi connectivity index (χ3v) is 4.05. The van der Waals surface area contributed by atoms with Gasteiger partial charge < -0.3 is 5.32 Å². The molecule has 0 saturated heterocycles. The zero-order valence-corrected chi connectivity index (χ0v) is 13.2. The molecule has 1 N–H and O–H groups in total. The summed E-state index contributed by atoms with van der Waals surface area (Å²) >= 11 is 0. The van der Waals surface area contributed by atoms with Crippen molar-refractivity contribution in [3.8, 4) is 0 Å². The number of benzene rings is 2. The highest BCUT2D eigenvalue weighted by molar-refractivity contribution is 5.83. The normalized spacial score (nSPS) is 15.4. The Balaban J connectivity index is 1.80. The van der Waals surface area contributed by atoms with Gasteiger partial charge in [-0.1, -0.05) is 42.5 Å². The third-order valence-electron chi connectivity index (χ3n) is 4.05. The Labute approximate surface area is 136 Å². The maximum absolute atomic E-state index is 13.4. The van der Waals surface area contributed by atoms with Crippen LogP contribution < -0.4 is 5.32 Å². The van der Waals surface area contributed by atoms with Crippen LogP contribution in [0.4, 0.5) is 4.39 Å². The van der Waals surface area contributed by atoms with Crippen molar-refractivity contribution in [3.63, 3.8) is 0 Å². The lowest BCUT2D eigenvalue weighted by atomic mass is 10.0. The van der Waals surface area contributed by atoms with E-state index in [1.807, 2.05) is 48.3 Å². The van der Waals surface area contributed by atoms with E-state index in [-0.39, 0.29) is 17.8 Å². The van der Waals surface area contributed by atoms with Gasteiger partial charge in [-0.25, -0.2) is 4.39 Å². The minimum Gasteiger partial charge on any atom is -0.352 e. The van der Waals surface area contributed by atoms with Gasteiger partial charge >= 0.3 is 0 Å². The summed E-state index contributed by atoms with van der Waals surface area (Å²) in [6.07, 6.45) is 2.11. The minimum atomic E-state index is -0.375. The fraction of sp³-hybridized carbons (Fsp3) is 0.316. The Morgan fingerprint density at radius 1 is 1.22 bits per heavy atom. The van der Waals surface area contributed by atoms with Gasteiger partial charge in [0.1, 0.15) is 11.9 Å². The van der Waals surface area contributed by atoms with Gasteiger partial charge in [0, 0.05) is 12.6 Å². The van der Waals surface area contributed by atoms with Gasteiger partial charge in [-0.15, -0.1) is 0 Å². The summed E-state index contributed by atoms with van der Waals surface area (Å²) in [6.45, 7) is 0.509. The largest absolute Gasteiger partial charge is 0.352 e. The molecule has 2 aromatic carbocycles. The SMILES string of the molecule is CN(Cc1cccc(F)c1)C(C(=O)NC1CC1)c1ccccc1. The van der Waals surface area contributed by atoms with E-state index < -0.39 is 0 Å². The van der Waals surface area contributed by atoms with Crippen molar-refractivity contribution in [1.29, 1.82) is 0 Å². The number of hydrogen-bond acceptors (Lipinski definition) is 2. The van der Waals surface area contributed by atoms with Crippen LogP contribution in [0.2, 0.25) is 0 Å². The highest BCUT2D eigenvalue weighted by Gasteiger charge is 2.30. The molecule has 1 saturated carbocycles. The fourth-order valence-corrected chi connectivity index (χ4v) is 2.76. The van der Waals surface area contributed by atoms with Crippen LogP contribution in [0.1, 0.15) is 30.0 Å². The van der Waals surface area contributed by atoms with E-state index >= 15 is 0 Å². The zero-order chi connectivity index (χ0) is 16.2. The lowest BCUT2D eigenvalue weighted by Crippen LogP contribution is -2.39. The van der Waals surface area contributed by atoms with Crippen LogP contribution in [-0.2, 0) is 11.3 Å². The van der Waals surface area contributed by atoms with E-state index in [2.05, 4.69) is 5.32 Å². The van der Waals surface area contributed by atoms with Crippen molar-refractivity contribution >= 4 is 5.91 Å². The smallest absolute Gasteiger partial charge is 0.242 e. The Morgan fingerprint density at radius 2 is 1.96 bits per heavy atom. The molecule has 2 aromatic rings. The van der Waals surface area contributed by atoms with Crippen molar-refractivity contribution in [2.45, 2.75) is 31.5 Å². The molecular formula is C19H21FN2O. The second-order valence-electron chi connectivity index (χ2n) is 6.14. The first kappa shape index (κ1) is 15.7. The van der Waals surface area contributed by atoms with E-state index in [1.165, 1.54) is 12.1 Å². The maximum atomic E-state index is 13.4. The molecule has 3 nitrogen and oxygen atoms in total. The molecule has 1 aliphatic rings. The fourth-order valence-electron chi connectivity index (χ4n) is 2.76. The number of hydrogen-bond donors (Lipinski definition) is 1.